The van der Waals surface area contributed by atoms with Crippen LogP contribution in [0.15, 0.2) is 47.4 Å². The van der Waals surface area contributed by atoms with E-state index in [2.05, 4.69) is 10.1 Å². The van der Waals surface area contributed by atoms with E-state index in [0.29, 0.717) is 5.69 Å². The van der Waals surface area contributed by atoms with Crippen LogP contribution >= 0.6 is 11.8 Å². The largest absolute Gasteiger partial charge is 0.465 e. The molecule has 0 aliphatic rings. The number of benzene rings is 2. The summed E-state index contributed by atoms with van der Waals surface area (Å²) in [6.07, 6.45) is 0. The summed E-state index contributed by atoms with van der Waals surface area (Å²) in [6, 6.07) is 12.4. The summed E-state index contributed by atoms with van der Waals surface area (Å²) in [4.78, 5) is 36.5. The Morgan fingerprint density at radius 1 is 1.04 bits per heavy atom. The number of esters is 2. The van der Waals surface area contributed by atoms with Gasteiger partial charge < -0.3 is 14.8 Å². The maximum absolute atomic E-state index is 12.0. The number of rotatable bonds is 7. The van der Waals surface area contributed by atoms with E-state index in [1.807, 2.05) is 32.0 Å². The Morgan fingerprint density at radius 3 is 2.48 bits per heavy atom. The first-order valence-corrected chi connectivity index (χ1v) is 9.22. The smallest absolute Gasteiger partial charge is 0.339 e. The van der Waals surface area contributed by atoms with Gasteiger partial charge in [0.05, 0.1) is 24.1 Å². The van der Waals surface area contributed by atoms with Crippen LogP contribution in [0.5, 0.6) is 0 Å². The Morgan fingerprint density at radius 2 is 1.78 bits per heavy atom. The summed E-state index contributed by atoms with van der Waals surface area (Å²) < 4.78 is 9.66. The second-order valence-corrected chi connectivity index (χ2v) is 6.83. The Labute approximate surface area is 162 Å². The number of nitrogens with one attached hydrogen (secondary N) is 1. The van der Waals surface area contributed by atoms with Gasteiger partial charge in [-0.1, -0.05) is 18.2 Å². The second kappa shape index (κ2) is 9.78. The number of hydrogen-bond acceptors (Lipinski definition) is 6. The van der Waals surface area contributed by atoms with Gasteiger partial charge in [-0.2, -0.15) is 0 Å². The number of aryl methyl sites for hydroxylation is 2. The normalized spacial score (nSPS) is 10.2. The molecular weight excluding hydrogens is 366 g/mol. The zero-order chi connectivity index (χ0) is 19.8. The SMILES string of the molecule is COC(=O)c1ccccc1NC(=O)COC(=O)CSc1ccc(C)c(C)c1. The third-order valence-electron chi connectivity index (χ3n) is 3.81. The Kier molecular flexibility index (Phi) is 7.43. The predicted octanol–water partition coefficient (Wildman–Crippen LogP) is 3.36. The van der Waals surface area contributed by atoms with E-state index < -0.39 is 24.5 Å². The molecule has 27 heavy (non-hydrogen) atoms. The average molecular weight is 387 g/mol. The first-order valence-electron chi connectivity index (χ1n) is 8.23. The van der Waals surface area contributed by atoms with Crippen LogP contribution in [0.25, 0.3) is 0 Å². The van der Waals surface area contributed by atoms with Crippen LogP contribution in [0.4, 0.5) is 5.69 Å². The van der Waals surface area contributed by atoms with Crippen LogP contribution in [0.1, 0.15) is 21.5 Å². The van der Waals surface area contributed by atoms with Crippen LogP contribution in [0.3, 0.4) is 0 Å². The molecule has 0 radical (unpaired) electrons. The number of anilines is 1. The molecule has 1 amide bonds. The number of amides is 1. The number of ether oxygens (including phenoxy) is 2. The molecule has 0 atom stereocenters. The van der Waals surface area contributed by atoms with Crippen molar-refractivity contribution in [1.29, 1.82) is 0 Å². The fourth-order valence-corrected chi connectivity index (χ4v) is 2.99. The molecule has 142 valence electrons. The van der Waals surface area contributed by atoms with Crippen molar-refractivity contribution in [2.75, 3.05) is 24.8 Å². The van der Waals surface area contributed by atoms with Crippen molar-refractivity contribution in [2.45, 2.75) is 18.7 Å². The first kappa shape index (κ1) is 20.5. The van der Waals surface area contributed by atoms with E-state index in [9.17, 15) is 14.4 Å². The monoisotopic (exact) mass is 387 g/mol. The summed E-state index contributed by atoms with van der Waals surface area (Å²) in [7, 11) is 1.26. The van der Waals surface area contributed by atoms with Crippen molar-refractivity contribution in [3.8, 4) is 0 Å². The van der Waals surface area contributed by atoms with Crippen LogP contribution in [-0.4, -0.2) is 37.3 Å². The van der Waals surface area contributed by atoms with Crippen molar-refractivity contribution in [3.05, 3.63) is 59.2 Å². The molecule has 2 aromatic rings. The molecular formula is C20H21NO5S. The molecule has 0 aliphatic carbocycles. The minimum Gasteiger partial charge on any atom is -0.465 e. The topological polar surface area (TPSA) is 81.7 Å². The molecule has 0 saturated heterocycles. The lowest BCUT2D eigenvalue weighted by Gasteiger charge is -2.10. The highest BCUT2D eigenvalue weighted by atomic mass is 32.2. The molecule has 2 aromatic carbocycles. The van der Waals surface area contributed by atoms with Gasteiger partial charge >= 0.3 is 11.9 Å². The summed E-state index contributed by atoms with van der Waals surface area (Å²) in [6.45, 7) is 3.60. The van der Waals surface area contributed by atoms with Gasteiger partial charge in [-0.3, -0.25) is 9.59 Å². The summed E-state index contributed by atoms with van der Waals surface area (Å²) in [5, 5.41) is 2.54. The quantitative estimate of drug-likeness (QED) is 0.579. The molecule has 1 N–H and O–H groups in total. The number of carbonyl (C=O) groups is 3. The van der Waals surface area contributed by atoms with Gasteiger partial charge in [0.2, 0.25) is 0 Å². The van der Waals surface area contributed by atoms with Gasteiger partial charge in [0.1, 0.15) is 0 Å². The summed E-state index contributed by atoms with van der Waals surface area (Å²) >= 11 is 1.35. The van der Waals surface area contributed by atoms with Crippen LogP contribution < -0.4 is 5.32 Å². The van der Waals surface area contributed by atoms with Gasteiger partial charge in [0, 0.05) is 4.90 Å². The maximum Gasteiger partial charge on any atom is 0.339 e. The number of methoxy groups -OCH3 is 1. The number of hydrogen-bond donors (Lipinski definition) is 1. The zero-order valence-electron chi connectivity index (χ0n) is 15.4. The lowest BCUT2D eigenvalue weighted by Crippen LogP contribution is -2.22. The van der Waals surface area contributed by atoms with Crippen molar-refractivity contribution >= 4 is 35.3 Å². The maximum atomic E-state index is 12.0. The molecule has 0 aromatic heterocycles. The minimum atomic E-state index is -0.562. The van der Waals surface area contributed by atoms with Gasteiger partial charge in [-0.25, -0.2) is 4.79 Å². The van der Waals surface area contributed by atoms with Crippen molar-refractivity contribution in [2.24, 2.45) is 0 Å². The van der Waals surface area contributed by atoms with Gasteiger partial charge in [-0.15, -0.1) is 11.8 Å². The van der Waals surface area contributed by atoms with E-state index in [-0.39, 0.29) is 11.3 Å². The molecule has 2 rings (SSSR count). The van der Waals surface area contributed by atoms with Crippen molar-refractivity contribution in [1.82, 2.24) is 0 Å². The minimum absolute atomic E-state index is 0.106. The second-order valence-electron chi connectivity index (χ2n) is 5.78. The molecule has 0 spiro atoms. The van der Waals surface area contributed by atoms with E-state index in [0.717, 1.165) is 10.5 Å². The summed E-state index contributed by atoms with van der Waals surface area (Å²) in [5.41, 5.74) is 2.86. The lowest BCUT2D eigenvalue weighted by atomic mass is 10.1. The molecule has 6 nitrogen and oxygen atoms in total. The first-order chi connectivity index (χ1) is 12.9. The van der Waals surface area contributed by atoms with Crippen molar-refractivity contribution < 1.29 is 23.9 Å². The Bertz CT molecular complexity index is 850. The van der Waals surface area contributed by atoms with Crippen LogP contribution in [0, 0.1) is 13.8 Å². The van der Waals surface area contributed by atoms with Gasteiger partial charge in [0.15, 0.2) is 6.61 Å². The highest BCUT2D eigenvalue weighted by Crippen LogP contribution is 2.21. The third kappa shape index (κ3) is 6.14. The standard InChI is InChI=1S/C20H21NO5S/c1-13-8-9-15(10-14(13)2)27-12-19(23)26-11-18(22)21-17-7-5-4-6-16(17)20(24)25-3/h4-10H,11-12H2,1-3H3,(H,21,22). The Hall–Kier alpha value is -2.80. The molecule has 0 unspecified atom stereocenters. The fourth-order valence-electron chi connectivity index (χ4n) is 2.20. The number of carbonyl (C=O) groups excluding carboxylic acids is 3. The van der Waals surface area contributed by atoms with E-state index in [4.69, 9.17) is 4.74 Å². The van der Waals surface area contributed by atoms with E-state index >= 15 is 0 Å². The van der Waals surface area contributed by atoms with Crippen LogP contribution in [0.2, 0.25) is 0 Å². The third-order valence-corrected chi connectivity index (χ3v) is 4.77. The van der Waals surface area contributed by atoms with E-state index in [1.54, 1.807) is 18.2 Å². The van der Waals surface area contributed by atoms with Gasteiger partial charge in [0.25, 0.3) is 5.91 Å². The fraction of sp³-hybridized carbons (Fsp3) is 0.250. The zero-order valence-corrected chi connectivity index (χ0v) is 16.2. The number of thioether (sulfide) groups is 1. The highest BCUT2D eigenvalue weighted by molar-refractivity contribution is 8.00. The molecule has 7 heteroatoms. The van der Waals surface area contributed by atoms with Crippen LogP contribution in [-0.2, 0) is 19.1 Å². The highest BCUT2D eigenvalue weighted by Gasteiger charge is 2.14. The Balaban J connectivity index is 1.82. The predicted molar refractivity (Wildman–Crippen MR) is 104 cm³/mol. The molecule has 0 aliphatic heterocycles. The molecule has 0 bridgehead atoms. The molecule has 0 fully saturated rings. The van der Waals surface area contributed by atoms with Gasteiger partial charge in [-0.05, 0) is 49.2 Å². The molecule has 0 heterocycles. The van der Waals surface area contributed by atoms with E-state index in [1.165, 1.54) is 30.5 Å². The lowest BCUT2D eigenvalue weighted by molar-refractivity contribution is -0.144. The molecule has 0 saturated carbocycles. The number of para-hydroxylation sites is 1. The average Bonchev–Trinajstić information content (AvgIpc) is 2.67. The summed E-state index contributed by atoms with van der Waals surface area (Å²) in [5.74, 6) is -1.48. The van der Waals surface area contributed by atoms with Crippen molar-refractivity contribution in [3.63, 3.8) is 0 Å².